The fraction of sp³-hybridized carbons (Fsp3) is 0.368. The van der Waals surface area contributed by atoms with Crippen LogP contribution in [0.25, 0.3) is 11.1 Å². The fourth-order valence-corrected chi connectivity index (χ4v) is 3.65. The summed E-state index contributed by atoms with van der Waals surface area (Å²) >= 11 is 0. The lowest BCUT2D eigenvalue weighted by molar-refractivity contribution is 0.108. The molecule has 0 fully saturated rings. The average molecular weight is 282 g/mol. The zero-order chi connectivity index (χ0) is 14.9. The summed E-state index contributed by atoms with van der Waals surface area (Å²) in [6.07, 6.45) is 2.64. The largest absolute Gasteiger partial charge is 0.395 e. The SMILES string of the molecule is CCCC(CO)(CO)c1cccc2c1Cc1ccccc1-2. The summed E-state index contributed by atoms with van der Waals surface area (Å²) < 4.78 is 0. The lowest BCUT2D eigenvalue weighted by Crippen LogP contribution is -2.35. The number of hydrogen-bond acceptors (Lipinski definition) is 2. The molecular weight excluding hydrogens is 260 g/mol. The highest BCUT2D eigenvalue weighted by Crippen LogP contribution is 2.42. The molecule has 2 aromatic rings. The van der Waals surface area contributed by atoms with Crippen LogP contribution in [0.15, 0.2) is 42.5 Å². The van der Waals surface area contributed by atoms with Crippen molar-refractivity contribution in [2.45, 2.75) is 31.6 Å². The molecule has 0 amide bonds. The highest BCUT2D eigenvalue weighted by atomic mass is 16.3. The van der Waals surface area contributed by atoms with E-state index in [4.69, 9.17) is 0 Å². The Labute approximate surface area is 126 Å². The molecule has 2 heteroatoms. The molecule has 2 aromatic carbocycles. The van der Waals surface area contributed by atoms with Gasteiger partial charge in [0.2, 0.25) is 0 Å². The third kappa shape index (κ3) is 2.19. The van der Waals surface area contributed by atoms with Crippen molar-refractivity contribution in [3.63, 3.8) is 0 Å². The van der Waals surface area contributed by atoms with Gasteiger partial charge in [-0.25, -0.2) is 0 Å². The molecule has 110 valence electrons. The van der Waals surface area contributed by atoms with Crippen LogP contribution in [-0.4, -0.2) is 23.4 Å². The highest BCUT2D eigenvalue weighted by Gasteiger charge is 2.34. The normalized spacial score (nSPS) is 13.1. The number of aliphatic hydroxyl groups excluding tert-OH is 2. The third-order valence-corrected chi connectivity index (χ3v) is 4.76. The van der Waals surface area contributed by atoms with Gasteiger partial charge in [0.05, 0.1) is 13.2 Å². The van der Waals surface area contributed by atoms with Crippen LogP contribution < -0.4 is 0 Å². The van der Waals surface area contributed by atoms with Gasteiger partial charge in [-0.2, -0.15) is 0 Å². The van der Waals surface area contributed by atoms with Crippen molar-refractivity contribution in [1.82, 2.24) is 0 Å². The quantitative estimate of drug-likeness (QED) is 0.754. The highest BCUT2D eigenvalue weighted by molar-refractivity contribution is 5.78. The molecule has 21 heavy (non-hydrogen) atoms. The topological polar surface area (TPSA) is 40.5 Å². The van der Waals surface area contributed by atoms with Crippen LogP contribution >= 0.6 is 0 Å². The summed E-state index contributed by atoms with van der Waals surface area (Å²) in [5, 5.41) is 19.9. The van der Waals surface area contributed by atoms with E-state index in [2.05, 4.69) is 43.3 Å². The van der Waals surface area contributed by atoms with Crippen molar-refractivity contribution in [2.75, 3.05) is 13.2 Å². The Morgan fingerprint density at radius 2 is 1.67 bits per heavy atom. The van der Waals surface area contributed by atoms with Gasteiger partial charge in [-0.3, -0.25) is 0 Å². The van der Waals surface area contributed by atoms with Gasteiger partial charge >= 0.3 is 0 Å². The van der Waals surface area contributed by atoms with Crippen LogP contribution in [0.2, 0.25) is 0 Å². The zero-order valence-corrected chi connectivity index (χ0v) is 12.5. The molecule has 0 heterocycles. The van der Waals surface area contributed by atoms with Gasteiger partial charge in [0.1, 0.15) is 0 Å². The second-order valence-corrected chi connectivity index (χ2v) is 6.01. The number of fused-ring (bicyclic) bond motifs is 3. The van der Waals surface area contributed by atoms with Gasteiger partial charge in [-0.05, 0) is 40.7 Å². The molecule has 2 nitrogen and oxygen atoms in total. The molecule has 2 N–H and O–H groups in total. The van der Waals surface area contributed by atoms with E-state index >= 15 is 0 Å². The standard InChI is InChI=1S/C19H22O2/c1-2-10-19(12-20,13-21)18-9-5-8-16-15-7-4-3-6-14(15)11-17(16)18/h3-9,20-21H,2,10-13H2,1H3. The smallest absolute Gasteiger partial charge is 0.0550 e. The van der Waals surface area contributed by atoms with E-state index < -0.39 is 5.41 Å². The second kappa shape index (κ2) is 5.63. The van der Waals surface area contributed by atoms with Gasteiger partial charge in [0, 0.05) is 5.41 Å². The van der Waals surface area contributed by atoms with E-state index in [-0.39, 0.29) is 13.2 Å². The van der Waals surface area contributed by atoms with Crippen LogP contribution in [0.1, 0.15) is 36.5 Å². The molecule has 0 radical (unpaired) electrons. The van der Waals surface area contributed by atoms with E-state index in [1.807, 2.05) is 6.07 Å². The molecule has 0 bridgehead atoms. The monoisotopic (exact) mass is 282 g/mol. The van der Waals surface area contributed by atoms with E-state index in [1.165, 1.54) is 22.3 Å². The molecule has 3 rings (SSSR count). The number of hydrogen-bond donors (Lipinski definition) is 2. The average Bonchev–Trinajstić information content (AvgIpc) is 2.91. The maximum atomic E-state index is 9.95. The molecule has 1 aliphatic carbocycles. The Morgan fingerprint density at radius 3 is 2.38 bits per heavy atom. The minimum atomic E-state index is -0.526. The van der Waals surface area contributed by atoms with Crippen LogP contribution in [0.4, 0.5) is 0 Å². The Hall–Kier alpha value is -1.64. The van der Waals surface area contributed by atoms with Gasteiger partial charge < -0.3 is 10.2 Å². The summed E-state index contributed by atoms with van der Waals surface area (Å²) in [6.45, 7) is 2.08. The Bertz CT molecular complexity index is 642. The van der Waals surface area contributed by atoms with Crippen LogP contribution in [-0.2, 0) is 11.8 Å². The minimum Gasteiger partial charge on any atom is -0.395 e. The van der Waals surface area contributed by atoms with E-state index in [1.54, 1.807) is 0 Å². The van der Waals surface area contributed by atoms with E-state index in [0.29, 0.717) is 0 Å². The number of aliphatic hydroxyl groups is 2. The first-order valence-electron chi connectivity index (χ1n) is 7.68. The van der Waals surface area contributed by atoms with Crippen molar-refractivity contribution >= 4 is 0 Å². The first kappa shape index (κ1) is 14.3. The molecule has 0 unspecified atom stereocenters. The maximum absolute atomic E-state index is 9.95. The van der Waals surface area contributed by atoms with Crippen LogP contribution in [0, 0.1) is 0 Å². The summed E-state index contributed by atoms with van der Waals surface area (Å²) in [5.41, 5.74) is 5.74. The predicted molar refractivity (Wildman–Crippen MR) is 85.4 cm³/mol. The first-order valence-corrected chi connectivity index (χ1v) is 7.68. The van der Waals surface area contributed by atoms with Crippen LogP contribution in [0.5, 0.6) is 0 Å². The molecule has 0 aromatic heterocycles. The Balaban J connectivity index is 2.15. The van der Waals surface area contributed by atoms with Crippen molar-refractivity contribution in [3.8, 4) is 11.1 Å². The predicted octanol–water partition coefficient (Wildman–Crippen LogP) is 3.28. The maximum Gasteiger partial charge on any atom is 0.0550 e. The molecule has 0 atom stereocenters. The minimum absolute atomic E-state index is 0.00978. The molecule has 1 aliphatic rings. The van der Waals surface area contributed by atoms with Gasteiger partial charge in [-0.15, -0.1) is 0 Å². The molecule has 0 saturated heterocycles. The lowest BCUT2D eigenvalue weighted by atomic mass is 9.75. The summed E-state index contributed by atoms with van der Waals surface area (Å²) in [7, 11) is 0. The first-order chi connectivity index (χ1) is 10.3. The Morgan fingerprint density at radius 1 is 0.952 bits per heavy atom. The van der Waals surface area contributed by atoms with Crippen LogP contribution in [0.3, 0.4) is 0 Å². The fourth-order valence-electron chi connectivity index (χ4n) is 3.65. The lowest BCUT2D eigenvalue weighted by Gasteiger charge is -2.32. The molecular formula is C19H22O2. The number of benzene rings is 2. The number of rotatable bonds is 5. The third-order valence-electron chi connectivity index (χ3n) is 4.76. The van der Waals surface area contributed by atoms with E-state index in [0.717, 1.165) is 24.8 Å². The van der Waals surface area contributed by atoms with Gasteiger partial charge in [0.15, 0.2) is 0 Å². The van der Waals surface area contributed by atoms with Gasteiger partial charge in [-0.1, -0.05) is 55.8 Å². The zero-order valence-electron chi connectivity index (χ0n) is 12.5. The van der Waals surface area contributed by atoms with Crippen molar-refractivity contribution < 1.29 is 10.2 Å². The Kier molecular flexibility index (Phi) is 3.83. The second-order valence-electron chi connectivity index (χ2n) is 6.01. The summed E-state index contributed by atoms with van der Waals surface area (Å²) in [6, 6.07) is 14.7. The molecule has 0 saturated carbocycles. The molecule has 0 spiro atoms. The van der Waals surface area contributed by atoms with E-state index in [9.17, 15) is 10.2 Å². The van der Waals surface area contributed by atoms with Crippen molar-refractivity contribution in [2.24, 2.45) is 0 Å². The summed E-state index contributed by atoms with van der Waals surface area (Å²) in [4.78, 5) is 0. The molecule has 0 aliphatic heterocycles. The summed E-state index contributed by atoms with van der Waals surface area (Å²) in [5.74, 6) is 0. The van der Waals surface area contributed by atoms with Crippen molar-refractivity contribution in [1.29, 1.82) is 0 Å². The van der Waals surface area contributed by atoms with Gasteiger partial charge in [0.25, 0.3) is 0 Å². The van der Waals surface area contributed by atoms with Crippen molar-refractivity contribution in [3.05, 3.63) is 59.2 Å².